The number of amides is 1. The number of hydrogen-bond donors (Lipinski definition) is 1. The third kappa shape index (κ3) is 5.52. The fourth-order valence-corrected chi connectivity index (χ4v) is 5.54. The maximum absolute atomic E-state index is 11.2. The van der Waals surface area contributed by atoms with Crippen molar-refractivity contribution in [1.82, 2.24) is 14.8 Å². The molecular weight excluding hydrogens is 462 g/mol. The number of carboxylic acid groups (broad SMARTS) is 1. The second kappa shape index (κ2) is 9.63. The van der Waals surface area contributed by atoms with E-state index in [1.165, 1.54) is 0 Å². The van der Waals surface area contributed by atoms with Gasteiger partial charge in [0.2, 0.25) is 5.88 Å². The summed E-state index contributed by atoms with van der Waals surface area (Å²) in [6.07, 6.45) is 7.67. The zero-order valence-electron chi connectivity index (χ0n) is 18.5. The molecular formula is C23H34BrN3O4. The van der Waals surface area contributed by atoms with Crippen molar-refractivity contribution in [2.75, 3.05) is 26.2 Å². The van der Waals surface area contributed by atoms with Crippen LogP contribution in [0.1, 0.15) is 52.4 Å². The first-order chi connectivity index (χ1) is 14.8. The highest BCUT2D eigenvalue weighted by Crippen LogP contribution is 2.36. The molecule has 8 heteroatoms. The number of halogens is 1. The minimum absolute atomic E-state index is 0.0991. The molecule has 0 atom stereocenters. The summed E-state index contributed by atoms with van der Waals surface area (Å²) in [5.41, 5.74) is 0.0991. The molecule has 4 rings (SSSR count). The predicted molar refractivity (Wildman–Crippen MR) is 121 cm³/mol. The Labute approximate surface area is 193 Å². The van der Waals surface area contributed by atoms with Gasteiger partial charge in [0.15, 0.2) is 0 Å². The number of likely N-dealkylation sites (tertiary alicyclic amines) is 2. The summed E-state index contributed by atoms with van der Waals surface area (Å²) in [6.45, 7) is 8.07. The van der Waals surface area contributed by atoms with Crippen LogP contribution in [0.15, 0.2) is 22.8 Å². The highest BCUT2D eigenvalue weighted by atomic mass is 79.9. The van der Waals surface area contributed by atoms with Crippen LogP contribution in [0.5, 0.6) is 5.88 Å². The van der Waals surface area contributed by atoms with Crippen molar-refractivity contribution in [3.8, 4) is 5.88 Å². The van der Waals surface area contributed by atoms with Gasteiger partial charge in [0.25, 0.3) is 0 Å². The van der Waals surface area contributed by atoms with Crippen LogP contribution in [0.2, 0.25) is 0 Å². The van der Waals surface area contributed by atoms with Crippen LogP contribution in [-0.2, 0) is 4.74 Å². The summed E-state index contributed by atoms with van der Waals surface area (Å²) in [5, 5.41) is 9.19. The summed E-state index contributed by atoms with van der Waals surface area (Å²) < 4.78 is 13.3. The fraction of sp³-hybridized carbons (Fsp3) is 0.739. The van der Waals surface area contributed by atoms with E-state index in [0.717, 1.165) is 56.1 Å². The van der Waals surface area contributed by atoms with Crippen molar-refractivity contribution < 1.29 is 19.4 Å². The number of rotatable bonds is 6. The Morgan fingerprint density at radius 2 is 1.77 bits per heavy atom. The molecule has 7 nitrogen and oxygen atoms in total. The Hall–Kier alpha value is -1.38. The Bertz CT molecular complexity index is 755. The van der Waals surface area contributed by atoms with Crippen LogP contribution in [0.25, 0.3) is 0 Å². The zero-order chi connectivity index (χ0) is 22.0. The van der Waals surface area contributed by atoms with Crippen molar-refractivity contribution in [1.29, 1.82) is 0 Å². The predicted octanol–water partition coefficient (Wildman–Crippen LogP) is 4.40. The van der Waals surface area contributed by atoms with Crippen LogP contribution in [0.4, 0.5) is 4.79 Å². The van der Waals surface area contributed by atoms with E-state index in [-0.39, 0.29) is 11.6 Å². The quantitative estimate of drug-likeness (QED) is 0.629. The molecule has 3 fully saturated rings. The second-order valence-electron chi connectivity index (χ2n) is 9.67. The standard InChI is InChI=1S/C23H34BrN3O4/c1-23(2,16-4-9-26(10-5-16)22(28)29)27-11-6-18(7-12-27)30-19-14-20(15-19)31-21-13-17(24)3-8-25-21/h3,8,13,16,18-20H,4-7,9-12,14-15H2,1-2H3,(H,28,29). The van der Waals surface area contributed by atoms with Crippen LogP contribution >= 0.6 is 15.9 Å². The number of pyridine rings is 1. The SMILES string of the molecule is CC(C)(C1CCN(C(=O)O)CC1)N1CCC(OC2CC(Oc3cc(Br)ccn3)C2)CC1. The first kappa shape index (κ1) is 22.8. The topological polar surface area (TPSA) is 75.1 Å². The van der Waals surface area contributed by atoms with Gasteiger partial charge in [0.05, 0.1) is 12.2 Å². The van der Waals surface area contributed by atoms with Gasteiger partial charge in [-0.2, -0.15) is 0 Å². The van der Waals surface area contributed by atoms with Gasteiger partial charge in [0, 0.05) is 61.3 Å². The van der Waals surface area contributed by atoms with Gasteiger partial charge in [-0.25, -0.2) is 9.78 Å². The first-order valence-electron chi connectivity index (χ1n) is 11.5. The molecule has 0 spiro atoms. The highest BCUT2D eigenvalue weighted by Gasteiger charge is 2.40. The van der Waals surface area contributed by atoms with Gasteiger partial charge in [0.1, 0.15) is 6.10 Å². The maximum Gasteiger partial charge on any atom is 0.407 e. The molecule has 1 amide bonds. The molecule has 0 radical (unpaired) electrons. The smallest absolute Gasteiger partial charge is 0.407 e. The number of piperidine rings is 2. The summed E-state index contributed by atoms with van der Waals surface area (Å²) in [4.78, 5) is 19.6. The Balaban J connectivity index is 1.17. The average molecular weight is 496 g/mol. The monoisotopic (exact) mass is 495 g/mol. The van der Waals surface area contributed by atoms with E-state index in [1.54, 1.807) is 11.1 Å². The molecule has 1 N–H and O–H groups in total. The van der Waals surface area contributed by atoms with Crippen molar-refractivity contribution in [2.24, 2.45) is 5.92 Å². The third-order valence-electron chi connectivity index (χ3n) is 7.44. The molecule has 1 aromatic rings. The maximum atomic E-state index is 11.2. The number of carbonyl (C=O) groups is 1. The van der Waals surface area contributed by atoms with Gasteiger partial charge < -0.3 is 19.5 Å². The average Bonchev–Trinajstić information content (AvgIpc) is 2.72. The van der Waals surface area contributed by atoms with Gasteiger partial charge >= 0.3 is 6.09 Å². The molecule has 1 aliphatic carbocycles. The second-order valence-corrected chi connectivity index (χ2v) is 10.6. The number of hydrogen-bond acceptors (Lipinski definition) is 5. The van der Waals surface area contributed by atoms with E-state index in [1.807, 2.05) is 12.1 Å². The molecule has 1 saturated carbocycles. The molecule has 0 aromatic carbocycles. The normalized spacial score (nSPS) is 26.5. The van der Waals surface area contributed by atoms with E-state index in [4.69, 9.17) is 9.47 Å². The lowest BCUT2D eigenvalue weighted by molar-refractivity contribution is -0.119. The van der Waals surface area contributed by atoms with E-state index < -0.39 is 6.09 Å². The number of aromatic nitrogens is 1. The van der Waals surface area contributed by atoms with Gasteiger partial charge in [-0.1, -0.05) is 15.9 Å². The summed E-state index contributed by atoms with van der Waals surface area (Å²) in [6, 6.07) is 3.79. The number of ether oxygens (including phenoxy) is 2. The molecule has 3 heterocycles. The lowest BCUT2D eigenvalue weighted by atomic mass is 9.78. The Morgan fingerprint density at radius 1 is 1.10 bits per heavy atom. The summed E-state index contributed by atoms with van der Waals surface area (Å²) in [5.74, 6) is 1.21. The number of nitrogens with zero attached hydrogens (tertiary/aromatic N) is 3. The van der Waals surface area contributed by atoms with E-state index in [2.05, 4.69) is 39.7 Å². The lowest BCUT2D eigenvalue weighted by Crippen LogP contribution is -2.56. The van der Waals surface area contributed by atoms with Crippen molar-refractivity contribution in [2.45, 2.75) is 76.2 Å². The molecule has 2 aliphatic heterocycles. The molecule has 1 aromatic heterocycles. The zero-order valence-corrected chi connectivity index (χ0v) is 20.1. The summed E-state index contributed by atoms with van der Waals surface area (Å²) in [7, 11) is 0. The van der Waals surface area contributed by atoms with Crippen LogP contribution in [-0.4, -0.2) is 76.0 Å². The molecule has 2 saturated heterocycles. The largest absolute Gasteiger partial charge is 0.474 e. The van der Waals surface area contributed by atoms with Gasteiger partial charge in [-0.15, -0.1) is 0 Å². The molecule has 0 bridgehead atoms. The van der Waals surface area contributed by atoms with Gasteiger partial charge in [-0.05, 0) is 51.5 Å². The molecule has 0 unspecified atom stereocenters. The third-order valence-corrected chi connectivity index (χ3v) is 7.94. The minimum atomic E-state index is -0.786. The van der Waals surface area contributed by atoms with Crippen molar-refractivity contribution in [3.05, 3.63) is 22.8 Å². The molecule has 3 aliphatic rings. The van der Waals surface area contributed by atoms with E-state index >= 15 is 0 Å². The lowest BCUT2D eigenvalue weighted by Gasteiger charge is -2.49. The Morgan fingerprint density at radius 3 is 2.39 bits per heavy atom. The molecule has 31 heavy (non-hydrogen) atoms. The van der Waals surface area contributed by atoms with E-state index in [0.29, 0.717) is 37.1 Å². The fourth-order valence-electron chi connectivity index (χ4n) is 5.22. The molecule has 172 valence electrons. The minimum Gasteiger partial charge on any atom is -0.474 e. The van der Waals surface area contributed by atoms with Crippen molar-refractivity contribution >= 4 is 22.0 Å². The van der Waals surface area contributed by atoms with Crippen molar-refractivity contribution in [3.63, 3.8) is 0 Å². The van der Waals surface area contributed by atoms with Crippen LogP contribution in [0, 0.1) is 5.92 Å². The highest BCUT2D eigenvalue weighted by molar-refractivity contribution is 9.10. The van der Waals surface area contributed by atoms with Crippen LogP contribution in [0.3, 0.4) is 0 Å². The Kier molecular flexibility index (Phi) is 7.08. The summed E-state index contributed by atoms with van der Waals surface area (Å²) >= 11 is 3.45. The van der Waals surface area contributed by atoms with Crippen LogP contribution < -0.4 is 4.74 Å². The first-order valence-corrected chi connectivity index (χ1v) is 12.3. The van der Waals surface area contributed by atoms with E-state index in [9.17, 15) is 9.90 Å². The van der Waals surface area contributed by atoms with Gasteiger partial charge in [-0.3, -0.25) is 4.90 Å².